The van der Waals surface area contributed by atoms with Crippen LogP contribution in [0, 0.1) is 0 Å². The van der Waals surface area contributed by atoms with Crippen LogP contribution in [0.25, 0.3) is 0 Å². The molecule has 0 spiro atoms. The molecule has 0 aromatic rings. The summed E-state index contributed by atoms with van der Waals surface area (Å²) in [5.41, 5.74) is 0. The molecule has 0 amide bonds. The van der Waals surface area contributed by atoms with Crippen molar-refractivity contribution in [2.75, 3.05) is 39.6 Å². The summed E-state index contributed by atoms with van der Waals surface area (Å²) in [5, 5.41) is 17.2. The molecule has 0 saturated heterocycles. The highest BCUT2D eigenvalue weighted by atomic mass is 16.5. The fraction of sp³-hybridized carbons (Fsp3) is 1.00. The van der Waals surface area contributed by atoms with E-state index in [1.807, 2.05) is 0 Å². The largest absolute Gasteiger partial charge is 0.396 e. The third-order valence-corrected chi connectivity index (χ3v) is 3.30. The van der Waals surface area contributed by atoms with Crippen LogP contribution < -0.4 is 0 Å². The lowest BCUT2D eigenvalue weighted by Gasteiger charge is -2.05. The minimum absolute atomic E-state index is 0.0848. The van der Waals surface area contributed by atoms with Gasteiger partial charge in [0.05, 0.1) is 26.4 Å². The molecule has 0 aromatic heterocycles. The molecule has 0 unspecified atom stereocenters. The lowest BCUT2D eigenvalue weighted by molar-refractivity contribution is 0.0321. The third kappa shape index (κ3) is 17.8. The Morgan fingerprint density at radius 2 is 0.850 bits per heavy atom. The lowest BCUT2D eigenvalue weighted by Crippen LogP contribution is -2.07. The van der Waals surface area contributed by atoms with E-state index in [4.69, 9.17) is 19.7 Å². The quantitative estimate of drug-likeness (QED) is 0.404. The topological polar surface area (TPSA) is 58.9 Å². The molecule has 20 heavy (non-hydrogen) atoms. The van der Waals surface area contributed by atoms with E-state index < -0.39 is 0 Å². The number of rotatable bonds is 17. The Hall–Kier alpha value is -0.160. The van der Waals surface area contributed by atoms with Crippen molar-refractivity contribution in [1.29, 1.82) is 0 Å². The number of unbranched alkanes of at least 4 members (excludes halogenated alkanes) is 9. The van der Waals surface area contributed by atoms with Gasteiger partial charge in [-0.2, -0.15) is 0 Å². The summed E-state index contributed by atoms with van der Waals surface area (Å²) in [7, 11) is 0. The van der Waals surface area contributed by atoms with E-state index in [0.29, 0.717) is 26.4 Å². The Kier molecular flexibility index (Phi) is 18.7. The van der Waals surface area contributed by atoms with Crippen molar-refractivity contribution in [2.45, 2.75) is 64.2 Å². The second-order valence-corrected chi connectivity index (χ2v) is 5.21. The van der Waals surface area contributed by atoms with E-state index in [-0.39, 0.29) is 6.61 Å². The van der Waals surface area contributed by atoms with Crippen LogP contribution in [0.1, 0.15) is 64.2 Å². The normalized spacial score (nSPS) is 11.1. The van der Waals surface area contributed by atoms with E-state index in [1.54, 1.807) is 0 Å². The summed E-state index contributed by atoms with van der Waals surface area (Å²) in [6.45, 7) is 2.87. The number of hydrogen-bond donors (Lipinski definition) is 2. The number of ether oxygens (including phenoxy) is 2. The fourth-order valence-corrected chi connectivity index (χ4v) is 2.12. The van der Waals surface area contributed by atoms with Crippen molar-refractivity contribution >= 4 is 0 Å². The zero-order chi connectivity index (χ0) is 14.7. The SMILES string of the molecule is OCCCCCCCCCCCCOCCOCCO. The first kappa shape index (κ1) is 19.8. The van der Waals surface area contributed by atoms with Gasteiger partial charge in [-0.25, -0.2) is 0 Å². The summed E-state index contributed by atoms with van der Waals surface area (Å²) < 4.78 is 10.5. The van der Waals surface area contributed by atoms with Gasteiger partial charge >= 0.3 is 0 Å². The molecule has 0 saturated carbocycles. The van der Waals surface area contributed by atoms with Crippen molar-refractivity contribution < 1.29 is 19.7 Å². The second kappa shape index (κ2) is 18.8. The van der Waals surface area contributed by atoms with Gasteiger partial charge < -0.3 is 19.7 Å². The maximum absolute atomic E-state index is 8.65. The molecule has 0 aliphatic rings. The molecule has 0 atom stereocenters. The van der Waals surface area contributed by atoms with Crippen LogP contribution >= 0.6 is 0 Å². The Labute approximate surface area is 124 Å². The molecule has 0 bridgehead atoms. The van der Waals surface area contributed by atoms with Gasteiger partial charge in [0.2, 0.25) is 0 Å². The number of aliphatic hydroxyl groups excluding tert-OH is 2. The zero-order valence-corrected chi connectivity index (χ0v) is 13.0. The van der Waals surface area contributed by atoms with Gasteiger partial charge in [0.15, 0.2) is 0 Å². The molecule has 0 rings (SSSR count). The van der Waals surface area contributed by atoms with Crippen LogP contribution in [-0.2, 0) is 9.47 Å². The summed E-state index contributed by atoms with van der Waals surface area (Å²) in [5.74, 6) is 0. The first-order chi connectivity index (χ1) is 9.91. The minimum atomic E-state index is 0.0848. The Balaban J connectivity index is 2.89. The minimum Gasteiger partial charge on any atom is -0.396 e. The maximum atomic E-state index is 8.65. The first-order valence-corrected chi connectivity index (χ1v) is 8.29. The van der Waals surface area contributed by atoms with Gasteiger partial charge in [0, 0.05) is 13.2 Å². The van der Waals surface area contributed by atoms with E-state index in [2.05, 4.69) is 0 Å². The van der Waals surface area contributed by atoms with Crippen LogP contribution in [0.2, 0.25) is 0 Å². The van der Waals surface area contributed by atoms with Gasteiger partial charge in [-0.3, -0.25) is 0 Å². The monoisotopic (exact) mass is 290 g/mol. The highest BCUT2D eigenvalue weighted by molar-refractivity contribution is 4.48. The van der Waals surface area contributed by atoms with Crippen LogP contribution in [-0.4, -0.2) is 49.9 Å². The fourth-order valence-electron chi connectivity index (χ4n) is 2.12. The van der Waals surface area contributed by atoms with Crippen molar-refractivity contribution in [2.24, 2.45) is 0 Å². The molecule has 4 nitrogen and oxygen atoms in total. The van der Waals surface area contributed by atoms with Gasteiger partial charge in [-0.1, -0.05) is 51.4 Å². The van der Waals surface area contributed by atoms with Crippen molar-refractivity contribution in [1.82, 2.24) is 0 Å². The molecule has 0 heterocycles. The van der Waals surface area contributed by atoms with Gasteiger partial charge in [-0.15, -0.1) is 0 Å². The predicted octanol–water partition coefficient (Wildman–Crippen LogP) is 2.91. The van der Waals surface area contributed by atoms with Gasteiger partial charge in [0.25, 0.3) is 0 Å². The molecule has 4 heteroatoms. The first-order valence-electron chi connectivity index (χ1n) is 8.29. The Bertz CT molecular complexity index is 147. The van der Waals surface area contributed by atoms with E-state index >= 15 is 0 Å². The molecular formula is C16H34O4. The van der Waals surface area contributed by atoms with Crippen LogP contribution in [0.15, 0.2) is 0 Å². The molecule has 0 aromatic carbocycles. The van der Waals surface area contributed by atoms with Crippen LogP contribution in [0.5, 0.6) is 0 Å². The van der Waals surface area contributed by atoms with Crippen LogP contribution in [0.4, 0.5) is 0 Å². The smallest absolute Gasteiger partial charge is 0.0701 e. The highest BCUT2D eigenvalue weighted by Crippen LogP contribution is 2.10. The maximum Gasteiger partial charge on any atom is 0.0701 e. The summed E-state index contributed by atoms with van der Waals surface area (Å²) in [4.78, 5) is 0. The third-order valence-electron chi connectivity index (χ3n) is 3.30. The zero-order valence-electron chi connectivity index (χ0n) is 13.0. The predicted molar refractivity (Wildman–Crippen MR) is 82.0 cm³/mol. The molecular weight excluding hydrogens is 256 g/mol. The summed E-state index contributed by atoms with van der Waals surface area (Å²) in [6.07, 6.45) is 12.4. The number of aliphatic hydroxyl groups is 2. The van der Waals surface area contributed by atoms with E-state index in [9.17, 15) is 0 Å². The molecule has 0 aliphatic carbocycles. The Morgan fingerprint density at radius 1 is 0.400 bits per heavy atom. The molecule has 122 valence electrons. The van der Waals surface area contributed by atoms with Crippen molar-refractivity contribution in [3.8, 4) is 0 Å². The molecule has 0 radical (unpaired) electrons. The molecule has 0 aliphatic heterocycles. The summed E-state index contributed by atoms with van der Waals surface area (Å²) >= 11 is 0. The molecule has 0 fully saturated rings. The van der Waals surface area contributed by atoms with Crippen molar-refractivity contribution in [3.05, 3.63) is 0 Å². The number of hydrogen-bond acceptors (Lipinski definition) is 4. The molecule has 2 N–H and O–H groups in total. The average molecular weight is 290 g/mol. The average Bonchev–Trinajstić information content (AvgIpc) is 2.47. The van der Waals surface area contributed by atoms with Gasteiger partial charge in [-0.05, 0) is 12.8 Å². The van der Waals surface area contributed by atoms with Crippen LogP contribution in [0.3, 0.4) is 0 Å². The highest BCUT2D eigenvalue weighted by Gasteiger charge is 1.94. The Morgan fingerprint density at radius 3 is 1.35 bits per heavy atom. The van der Waals surface area contributed by atoms with Crippen molar-refractivity contribution in [3.63, 3.8) is 0 Å². The standard InChI is InChI=1S/C16H34O4/c17-11-9-7-5-3-1-2-4-6-8-10-13-19-15-16-20-14-12-18/h17-18H,1-16H2. The second-order valence-electron chi connectivity index (χ2n) is 5.21. The van der Waals surface area contributed by atoms with E-state index in [0.717, 1.165) is 19.4 Å². The summed E-state index contributed by atoms with van der Waals surface area (Å²) in [6, 6.07) is 0. The lowest BCUT2D eigenvalue weighted by atomic mass is 10.1. The van der Waals surface area contributed by atoms with E-state index in [1.165, 1.54) is 51.4 Å². The van der Waals surface area contributed by atoms with Gasteiger partial charge in [0.1, 0.15) is 0 Å².